The maximum atomic E-state index is 10.9. The molecule has 0 unspecified atom stereocenters. The van der Waals surface area contributed by atoms with Crippen LogP contribution in [0, 0.1) is 11.3 Å². The fraction of sp³-hybridized carbons (Fsp3) is 0.188. The van der Waals surface area contributed by atoms with Gasteiger partial charge in [-0.2, -0.15) is 10.4 Å². The maximum Gasteiger partial charge on any atom is 0.170 e. The van der Waals surface area contributed by atoms with Gasteiger partial charge < -0.3 is 4.57 Å². The number of fused-ring (bicyclic) bond motifs is 1. The van der Waals surface area contributed by atoms with Crippen molar-refractivity contribution in [3.05, 3.63) is 41.7 Å². The van der Waals surface area contributed by atoms with E-state index in [4.69, 9.17) is 5.26 Å². The number of carbonyl (C=O) groups is 1. The van der Waals surface area contributed by atoms with Crippen LogP contribution in [-0.2, 0) is 0 Å². The van der Waals surface area contributed by atoms with Crippen molar-refractivity contribution in [3.8, 4) is 17.5 Å². The first kappa shape index (κ1) is 12.7. The van der Waals surface area contributed by atoms with Crippen LogP contribution in [-0.4, -0.2) is 26.0 Å². The van der Waals surface area contributed by atoms with Gasteiger partial charge in [-0.25, -0.2) is 4.98 Å². The van der Waals surface area contributed by atoms with Crippen molar-refractivity contribution >= 4 is 17.3 Å². The number of benzene rings is 1. The Balaban J connectivity index is 1.98. The number of imidazole rings is 1. The SMILES string of the molecule is N#Cc1ccc2nc(-c3cnnc(C=O)c3)n(C3CC3)c2c1. The molecule has 0 spiro atoms. The quantitative estimate of drug-likeness (QED) is 0.692. The molecular weight excluding hydrogens is 278 g/mol. The molecule has 22 heavy (non-hydrogen) atoms. The van der Waals surface area contributed by atoms with Gasteiger partial charge in [0.25, 0.3) is 0 Å². The average Bonchev–Trinajstić information content (AvgIpc) is 3.34. The zero-order valence-electron chi connectivity index (χ0n) is 11.6. The first-order valence-corrected chi connectivity index (χ1v) is 7.00. The standard InChI is InChI=1S/C16H11N5O/c17-7-10-1-4-14-15(5-10)21(13-2-3-13)16(19-14)11-6-12(9-22)20-18-8-11/h1,4-6,8-9,13H,2-3H2. The minimum Gasteiger partial charge on any atom is -0.321 e. The fourth-order valence-electron chi connectivity index (χ4n) is 2.63. The van der Waals surface area contributed by atoms with Crippen molar-refractivity contribution in [2.24, 2.45) is 0 Å². The second kappa shape index (κ2) is 4.74. The van der Waals surface area contributed by atoms with Crippen molar-refractivity contribution < 1.29 is 4.79 Å². The minimum atomic E-state index is 0.282. The summed E-state index contributed by atoms with van der Waals surface area (Å²) in [4.78, 5) is 15.6. The third-order valence-electron chi connectivity index (χ3n) is 3.78. The van der Waals surface area contributed by atoms with E-state index in [9.17, 15) is 4.79 Å². The third-order valence-corrected chi connectivity index (χ3v) is 3.78. The van der Waals surface area contributed by atoms with Gasteiger partial charge in [0.1, 0.15) is 11.5 Å². The van der Waals surface area contributed by atoms with E-state index in [0.29, 0.717) is 17.9 Å². The number of hydrogen-bond donors (Lipinski definition) is 0. The Morgan fingerprint density at radius 2 is 2.18 bits per heavy atom. The van der Waals surface area contributed by atoms with E-state index < -0.39 is 0 Å². The lowest BCUT2D eigenvalue weighted by Crippen LogP contribution is -1.99. The largest absolute Gasteiger partial charge is 0.321 e. The van der Waals surface area contributed by atoms with Crippen molar-refractivity contribution in [2.45, 2.75) is 18.9 Å². The molecule has 0 bridgehead atoms. The topological polar surface area (TPSA) is 84.5 Å². The molecule has 1 aromatic carbocycles. The van der Waals surface area contributed by atoms with Gasteiger partial charge >= 0.3 is 0 Å². The molecule has 1 aliphatic carbocycles. The lowest BCUT2D eigenvalue weighted by molar-refractivity contribution is 0.111. The molecular formula is C16H11N5O. The number of nitriles is 1. The van der Waals surface area contributed by atoms with E-state index in [-0.39, 0.29) is 5.69 Å². The number of aromatic nitrogens is 4. The van der Waals surface area contributed by atoms with Crippen LogP contribution < -0.4 is 0 Å². The monoisotopic (exact) mass is 289 g/mol. The summed E-state index contributed by atoms with van der Waals surface area (Å²) in [7, 11) is 0. The Bertz CT molecular complexity index is 933. The van der Waals surface area contributed by atoms with Gasteiger partial charge in [0, 0.05) is 11.6 Å². The van der Waals surface area contributed by atoms with E-state index in [0.717, 1.165) is 35.3 Å². The van der Waals surface area contributed by atoms with Crippen LogP contribution in [0.5, 0.6) is 0 Å². The summed E-state index contributed by atoms with van der Waals surface area (Å²) in [6, 6.07) is 9.71. The van der Waals surface area contributed by atoms with E-state index in [1.165, 1.54) is 0 Å². The smallest absolute Gasteiger partial charge is 0.170 e. The van der Waals surface area contributed by atoms with Gasteiger partial charge in [-0.3, -0.25) is 4.79 Å². The summed E-state index contributed by atoms with van der Waals surface area (Å²) in [6.07, 6.45) is 4.47. The van der Waals surface area contributed by atoms with Crippen molar-refractivity contribution in [2.75, 3.05) is 0 Å². The highest BCUT2D eigenvalue weighted by Crippen LogP contribution is 2.41. The van der Waals surface area contributed by atoms with Gasteiger partial charge in [-0.1, -0.05) is 0 Å². The lowest BCUT2D eigenvalue weighted by Gasteiger charge is -2.07. The summed E-state index contributed by atoms with van der Waals surface area (Å²) in [5.74, 6) is 0.769. The highest BCUT2D eigenvalue weighted by Gasteiger charge is 2.29. The lowest BCUT2D eigenvalue weighted by atomic mass is 10.2. The molecule has 6 heteroatoms. The summed E-state index contributed by atoms with van der Waals surface area (Å²) < 4.78 is 2.14. The predicted molar refractivity (Wildman–Crippen MR) is 79.1 cm³/mol. The van der Waals surface area contributed by atoms with Crippen LogP contribution in [0.2, 0.25) is 0 Å². The first-order valence-electron chi connectivity index (χ1n) is 7.00. The van der Waals surface area contributed by atoms with Crippen LogP contribution >= 0.6 is 0 Å². The summed E-state index contributed by atoms with van der Waals surface area (Å²) in [5, 5.41) is 16.7. The van der Waals surface area contributed by atoms with Crippen molar-refractivity contribution in [3.63, 3.8) is 0 Å². The number of carbonyl (C=O) groups excluding carboxylic acids is 1. The fourth-order valence-corrected chi connectivity index (χ4v) is 2.63. The Morgan fingerprint density at radius 3 is 2.91 bits per heavy atom. The molecule has 0 saturated heterocycles. The molecule has 106 valence electrons. The Morgan fingerprint density at radius 1 is 1.32 bits per heavy atom. The van der Waals surface area contributed by atoms with Crippen LogP contribution in [0.3, 0.4) is 0 Å². The van der Waals surface area contributed by atoms with Gasteiger partial charge in [0.15, 0.2) is 6.29 Å². The van der Waals surface area contributed by atoms with Crippen molar-refractivity contribution in [1.29, 1.82) is 5.26 Å². The Labute approximate surface area is 126 Å². The highest BCUT2D eigenvalue weighted by molar-refractivity contribution is 5.83. The van der Waals surface area contributed by atoms with Crippen LogP contribution in [0.15, 0.2) is 30.5 Å². The zero-order chi connectivity index (χ0) is 15.1. The first-order chi connectivity index (χ1) is 10.8. The molecule has 4 rings (SSSR count). The van der Waals surface area contributed by atoms with E-state index in [1.807, 2.05) is 12.1 Å². The molecule has 6 nitrogen and oxygen atoms in total. The average molecular weight is 289 g/mol. The van der Waals surface area contributed by atoms with Gasteiger partial charge in [0.05, 0.1) is 28.9 Å². The number of nitrogens with zero attached hydrogens (tertiary/aromatic N) is 5. The second-order valence-corrected chi connectivity index (χ2v) is 5.34. The van der Waals surface area contributed by atoms with E-state index >= 15 is 0 Å². The maximum absolute atomic E-state index is 10.9. The molecule has 1 saturated carbocycles. The van der Waals surface area contributed by atoms with Crippen LogP contribution in [0.1, 0.15) is 34.9 Å². The minimum absolute atomic E-state index is 0.282. The van der Waals surface area contributed by atoms with Gasteiger partial charge in [-0.05, 0) is 37.1 Å². The van der Waals surface area contributed by atoms with E-state index in [1.54, 1.807) is 18.3 Å². The van der Waals surface area contributed by atoms with Gasteiger partial charge in [-0.15, -0.1) is 5.10 Å². The zero-order valence-corrected chi connectivity index (χ0v) is 11.6. The molecule has 0 aliphatic heterocycles. The molecule has 1 aliphatic rings. The third kappa shape index (κ3) is 1.95. The summed E-state index contributed by atoms with van der Waals surface area (Å²) in [5.41, 5.74) is 3.44. The molecule has 2 aromatic heterocycles. The molecule has 0 amide bonds. The molecule has 0 N–H and O–H groups in total. The molecule has 1 fully saturated rings. The highest BCUT2D eigenvalue weighted by atomic mass is 16.1. The summed E-state index contributed by atoms with van der Waals surface area (Å²) >= 11 is 0. The molecule has 0 radical (unpaired) electrons. The van der Waals surface area contributed by atoms with E-state index in [2.05, 4.69) is 25.8 Å². The van der Waals surface area contributed by atoms with Crippen LogP contribution in [0.4, 0.5) is 0 Å². The molecule has 0 atom stereocenters. The van der Waals surface area contributed by atoms with Crippen LogP contribution in [0.25, 0.3) is 22.4 Å². The normalized spacial score (nSPS) is 14.0. The number of aldehydes is 1. The second-order valence-electron chi connectivity index (χ2n) is 5.34. The number of hydrogen-bond acceptors (Lipinski definition) is 5. The Hall–Kier alpha value is -3.07. The Kier molecular flexibility index (Phi) is 2.73. The number of rotatable bonds is 3. The van der Waals surface area contributed by atoms with Gasteiger partial charge in [0.2, 0.25) is 0 Å². The predicted octanol–water partition coefficient (Wildman–Crippen LogP) is 2.51. The van der Waals surface area contributed by atoms with Crippen molar-refractivity contribution in [1.82, 2.24) is 19.7 Å². The molecule has 3 aromatic rings. The molecule has 2 heterocycles. The summed E-state index contributed by atoms with van der Waals surface area (Å²) in [6.45, 7) is 0.